The average Bonchev–Trinajstić information content (AvgIpc) is 2.63. The summed E-state index contributed by atoms with van der Waals surface area (Å²) in [5.74, 6) is -0.569. The van der Waals surface area contributed by atoms with E-state index in [0.29, 0.717) is 25.7 Å². The van der Waals surface area contributed by atoms with Crippen molar-refractivity contribution >= 4 is 24.3 Å². The predicted octanol–water partition coefficient (Wildman–Crippen LogP) is 3.13. The van der Waals surface area contributed by atoms with E-state index in [0.717, 1.165) is 25.7 Å². The third-order valence-electron chi connectivity index (χ3n) is 6.44. The molecule has 0 spiro atoms. The Labute approximate surface area is 158 Å². The molecular weight excluding hydrogens is 348 g/mol. The fourth-order valence-corrected chi connectivity index (χ4v) is 5.36. The molecule has 2 saturated carbocycles. The SMILES string of the molecule is CC(C)(C1CCCCC1(N=C=O)N=C=O)C1CCCCC1(N=C=O)N=C=O. The molecule has 2 rings (SSSR count). The van der Waals surface area contributed by atoms with Gasteiger partial charge in [-0.15, -0.1) is 0 Å². The Morgan fingerprint density at radius 1 is 0.667 bits per heavy atom. The van der Waals surface area contributed by atoms with E-state index in [1.807, 2.05) is 13.8 Å². The van der Waals surface area contributed by atoms with Gasteiger partial charge in [0.15, 0.2) is 11.3 Å². The summed E-state index contributed by atoms with van der Waals surface area (Å²) in [6.07, 6.45) is 11.9. The fourth-order valence-electron chi connectivity index (χ4n) is 5.36. The van der Waals surface area contributed by atoms with Gasteiger partial charge in [-0.05, 0) is 43.9 Å². The lowest BCUT2D eigenvalue weighted by molar-refractivity contribution is -0.0245. The van der Waals surface area contributed by atoms with Crippen molar-refractivity contribution in [1.82, 2.24) is 0 Å². The zero-order valence-corrected chi connectivity index (χ0v) is 15.7. The third kappa shape index (κ3) is 3.80. The smallest absolute Gasteiger partial charge is 0.211 e. The number of nitrogens with zero attached hydrogens (tertiary/aromatic N) is 4. The van der Waals surface area contributed by atoms with E-state index >= 15 is 0 Å². The van der Waals surface area contributed by atoms with Crippen molar-refractivity contribution in [2.24, 2.45) is 37.2 Å². The number of carbonyl (C=O) groups excluding carboxylic acids is 4. The first-order valence-corrected chi connectivity index (χ1v) is 9.28. The molecule has 0 aromatic carbocycles. The van der Waals surface area contributed by atoms with Gasteiger partial charge in [-0.25, -0.2) is 19.2 Å². The van der Waals surface area contributed by atoms with E-state index in [2.05, 4.69) is 20.0 Å². The molecule has 144 valence electrons. The van der Waals surface area contributed by atoms with Crippen molar-refractivity contribution in [3.05, 3.63) is 0 Å². The summed E-state index contributed by atoms with van der Waals surface area (Å²) < 4.78 is 0. The first kappa shape index (κ1) is 20.8. The number of hydrogen-bond acceptors (Lipinski definition) is 8. The molecule has 0 radical (unpaired) electrons. The molecule has 0 aromatic rings. The van der Waals surface area contributed by atoms with Gasteiger partial charge in [0.25, 0.3) is 0 Å². The molecule has 0 saturated heterocycles. The van der Waals surface area contributed by atoms with Crippen molar-refractivity contribution in [3.8, 4) is 0 Å². The molecule has 0 aliphatic heterocycles. The molecule has 2 atom stereocenters. The van der Waals surface area contributed by atoms with Crippen molar-refractivity contribution in [2.75, 3.05) is 0 Å². The predicted molar refractivity (Wildman–Crippen MR) is 95.6 cm³/mol. The summed E-state index contributed by atoms with van der Waals surface area (Å²) in [5.41, 5.74) is -3.04. The van der Waals surface area contributed by atoms with Gasteiger partial charge in [-0.1, -0.05) is 26.7 Å². The van der Waals surface area contributed by atoms with Crippen LogP contribution in [0.3, 0.4) is 0 Å². The van der Waals surface area contributed by atoms with E-state index < -0.39 is 16.7 Å². The second-order valence-corrected chi connectivity index (χ2v) is 7.99. The molecular formula is C19H24N4O4. The van der Waals surface area contributed by atoms with Gasteiger partial charge in [-0.2, -0.15) is 20.0 Å². The number of isocyanates is 4. The summed E-state index contributed by atoms with van der Waals surface area (Å²) in [6, 6.07) is 0. The van der Waals surface area contributed by atoms with Crippen LogP contribution in [0.2, 0.25) is 0 Å². The first-order valence-electron chi connectivity index (χ1n) is 9.28. The third-order valence-corrected chi connectivity index (χ3v) is 6.44. The van der Waals surface area contributed by atoms with Crippen molar-refractivity contribution in [1.29, 1.82) is 0 Å². The van der Waals surface area contributed by atoms with Crippen LogP contribution in [0.1, 0.15) is 65.2 Å². The van der Waals surface area contributed by atoms with Crippen LogP contribution in [0.15, 0.2) is 20.0 Å². The molecule has 2 aliphatic carbocycles. The number of rotatable bonds is 6. The molecule has 2 unspecified atom stereocenters. The van der Waals surface area contributed by atoms with E-state index in [1.165, 1.54) is 0 Å². The normalized spacial score (nSPS) is 33.4. The summed E-state index contributed by atoms with van der Waals surface area (Å²) >= 11 is 0. The van der Waals surface area contributed by atoms with Crippen molar-refractivity contribution in [3.63, 3.8) is 0 Å². The molecule has 0 bridgehead atoms. The Morgan fingerprint density at radius 3 is 1.30 bits per heavy atom. The van der Waals surface area contributed by atoms with Crippen LogP contribution in [0.5, 0.6) is 0 Å². The van der Waals surface area contributed by atoms with Gasteiger partial charge in [-0.3, -0.25) is 0 Å². The minimum absolute atomic E-state index is 0.284. The summed E-state index contributed by atoms with van der Waals surface area (Å²) in [6.45, 7) is 3.95. The minimum Gasteiger partial charge on any atom is -0.211 e. The second kappa shape index (κ2) is 8.47. The highest BCUT2D eigenvalue weighted by molar-refractivity contribution is 5.41. The Kier molecular flexibility index (Phi) is 6.54. The van der Waals surface area contributed by atoms with Crippen LogP contribution in [0, 0.1) is 17.3 Å². The maximum Gasteiger partial charge on any atom is 0.237 e. The molecule has 0 amide bonds. The first-order chi connectivity index (χ1) is 12.9. The maximum atomic E-state index is 11.1. The highest BCUT2D eigenvalue weighted by Gasteiger charge is 2.57. The topological polar surface area (TPSA) is 118 Å². The molecule has 0 heterocycles. The Balaban J connectivity index is 2.61. The quantitative estimate of drug-likeness (QED) is 0.525. The Bertz CT molecular complexity index is 654. The van der Waals surface area contributed by atoms with Crippen LogP contribution < -0.4 is 0 Å². The van der Waals surface area contributed by atoms with Gasteiger partial charge >= 0.3 is 0 Å². The molecule has 8 nitrogen and oxygen atoms in total. The van der Waals surface area contributed by atoms with Gasteiger partial charge < -0.3 is 0 Å². The monoisotopic (exact) mass is 372 g/mol. The van der Waals surface area contributed by atoms with Gasteiger partial charge in [0.2, 0.25) is 24.3 Å². The van der Waals surface area contributed by atoms with Gasteiger partial charge in [0.1, 0.15) is 0 Å². The molecule has 27 heavy (non-hydrogen) atoms. The Morgan fingerprint density at radius 2 is 1.00 bits per heavy atom. The summed E-state index contributed by atoms with van der Waals surface area (Å²) in [5, 5.41) is 0. The van der Waals surface area contributed by atoms with E-state index in [-0.39, 0.29) is 11.8 Å². The lowest BCUT2D eigenvalue weighted by atomic mass is 9.55. The van der Waals surface area contributed by atoms with Crippen LogP contribution in [0.25, 0.3) is 0 Å². The van der Waals surface area contributed by atoms with Crippen molar-refractivity contribution < 1.29 is 19.2 Å². The zero-order valence-electron chi connectivity index (χ0n) is 15.7. The largest absolute Gasteiger partial charge is 0.237 e. The molecule has 8 heteroatoms. The average molecular weight is 372 g/mol. The fraction of sp³-hybridized carbons (Fsp3) is 0.789. The second-order valence-electron chi connectivity index (χ2n) is 7.99. The number of aliphatic imine (C=N–C) groups is 4. The van der Waals surface area contributed by atoms with Crippen LogP contribution in [-0.4, -0.2) is 35.6 Å². The lowest BCUT2D eigenvalue weighted by Crippen LogP contribution is -2.54. The van der Waals surface area contributed by atoms with Crippen LogP contribution in [-0.2, 0) is 19.2 Å². The minimum atomic E-state index is -1.23. The van der Waals surface area contributed by atoms with E-state index in [4.69, 9.17) is 0 Å². The molecule has 0 N–H and O–H groups in total. The lowest BCUT2D eigenvalue weighted by Gasteiger charge is -2.53. The summed E-state index contributed by atoms with van der Waals surface area (Å²) in [4.78, 5) is 60.2. The zero-order chi connectivity index (χ0) is 20.0. The van der Waals surface area contributed by atoms with Crippen molar-refractivity contribution in [2.45, 2.75) is 76.5 Å². The van der Waals surface area contributed by atoms with Gasteiger partial charge in [0.05, 0.1) is 0 Å². The van der Waals surface area contributed by atoms with E-state index in [1.54, 1.807) is 24.3 Å². The highest BCUT2D eigenvalue weighted by atomic mass is 16.1. The number of hydrogen-bond donors (Lipinski definition) is 0. The van der Waals surface area contributed by atoms with Gasteiger partial charge in [0, 0.05) is 11.8 Å². The Hall–Kier alpha value is -2.48. The summed E-state index contributed by atoms with van der Waals surface area (Å²) in [7, 11) is 0. The van der Waals surface area contributed by atoms with E-state index in [9.17, 15) is 19.2 Å². The van der Waals surface area contributed by atoms with Crippen LogP contribution in [0.4, 0.5) is 0 Å². The molecule has 2 aliphatic rings. The van der Waals surface area contributed by atoms with Crippen LogP contribution >= 0.6 is 0 Å². The maximum absolute atomic E-state index is 11.1. The molecule has 0 aromatic heterocycles. The molecule has 2 fully saturated rings. The highest BCUT2D eigenvalue weighted by Crippen LogP contribution is 2.57. The standard InChI is InChI=1S/C19H24N4O4/c1-17(2,15-7-3-5-9-18(15,20-11-24)21-12-25)16-8-4-6-10-19(16,22-13-26)23-14-27/h15-16H,3-10H2,1-2H3.